The topological polar surface area (TPSA) is 29.5 Å². The van der Waals surface area contributed by atoms with Crippen molar-refractivity contribution >= 4 is 11.8 Å². The molecule has 0 N–H and O–H groups in total. The van der Waals surface area contributed by atoms with Crippen molar-refractivity contribution in [1.29, 1.82) is 0 Å². The number of benzene rings is 2. The smallest absolute Gasteiger partial charge is 0.415 e. The Labute approximate surface area is 174 Å². The molecule has 29 heavy (non-hydrogen) atoms. The first-order chi connectivity index (χ1) is 14.1. The normalized spacial score (nSPS) is 25.4. The van der Waals surface area contributed by atoms with Gasteiger partial charge in [0, 0.05) is 24.4 Å². The van der Waals surface area contributed by atoms with E-state index in [1.165, 1.54) is 18.7 Å². The molecule has 3 heterocycles. The zero-order valence-electron chi connectivity index (χ0n) is 17.3. The zero-order chi connectivity index (χ0) is 20.3. The average molecular weight is 392 g/mol. The van der Waals surface area contributed by atoms with Crippen LogP contribution in [0.4, 0.5) is 10.5 Å². The van der Waals surface area contributed by atoms with Gasteiger partial charge in [-0.05, 0) is 30.7 Å². The summed E-state index contributed by atoms with van der Waals surface area (Å²) < 4.78 is 7.17. The number of carbonyl (C=O) groups is 1. The molecular formula is C25H31N2O2+. The molecule has 152 valence electrons. The Morgan fingerprint density at radius 1 is 1.14 bits per heavy atom. The molecule has 4 nitrogen and oxygen atoms in total. The van der Waals surface area contributed by atoms with Gasteiger partial charge >= 0.3 is 6.09 Å². The molecule has 5 rings (SSSR count). The van der Waals surface area contributed by atoms with Crippen molar-refractivity contribution in [2.45, 2.75) is 32.4 Å². The lowest BCUT2D eigenvalue weighted by Crippen LogP contribution is -2.64. The molecule has 3 saturated heterocycles. The number of fused-ring (bicyclic) bond motifs is 3. The molecule has 0 spiro atoms. The molecule has 0 aromatic heterocycles. The van der Waals surface area contributed by atoms with Crippen LogP contribution in [0.3, 0.4) is 0 Å². The quantitative estimate of drug-likeness (QED) is 0.516. The predicted octanol–water partition coefficient (Wildman–Crippen LogP) is 4.93. The number of nitrogens with zero attached hydrogens (tertiary/aromatic N) is 2. The van der Waals surface area contributed by atoms with Gasteiger partial charge in [0.15, 0.2) is 6.10 Å². The van der Waals surface area contributed by atoms with Gasteiger partial charge in [0.25, 0.3) is 0 Å². The van der Waals surface area contributed by atoms with Crippen LogP contribution in [-0.4, -0.2) is 42.9 Å². The summed E-state index contributed by atoms with van der Waals surface area (Å²) in [5.41, 5.74) is 3.14. The average Bonchev–Trinajstić information content (AvgIpc) is 2.74. The van der Waals surface area contributed by atoms with Gasteiger partial charge < -0.3 is 9.22 Å². The highest BCUT2D eigenvalue weighted by Gasteiger charge is 2.47. The van der Waals surface area contributed by atoms with Gasteiger partial charge in [-0.1, -0.05) is 54.6 Å². The lowest BCUT2D eigenvalue weighted by atomic mass is 9.83. The first-order valence-corrected chi connectivity index (χ1v) is 10.6. The fourth-order valence-electron chi connectivity index (χ4n) is 4.83. The molecule has 2 aromatic carbocycles. The van der Waals surface area contributed by atoms with Crippen molar-refractivity contribution in [1.82, 2.24) is 0 Å². The predicted molar refractivity (Wildman–Crippen MR) is 117 cm³/mol. The second kappa shape index (κ2) is 8.42. The van der Waals surface area contributed by atoms with E-state index in [0.29, 0.717) is 12.5 Å². The Hall–Kier alpha value is -2.59. The lowest BCUT2D eigenvalue weighted by Gasteiger charge is -2.51. The summed E-state index contributed by atoms with van der Waals surface area (Å²) in [5, 5.41) is 0. The third-order valence-electron chi connectivity index (χ3n) is 6.56. The molecular weight excluding hydrogens is 360 g/mol. The first kappa shape index (κ1) is 19.7. The van der Waals surface area contributed by atoms with Gasteiger partial charge in [-0.15, -0.1) is 0 Å². The minimum Gasteiger partial charge on any atom is -0.440 e. The largest absolute Gasteiger partial charge is 0.440 e. The molecule has 0 unspecified atom stereocenters. The van der Waals surface area contributed by atoms with Crippen LogP contribution in [0.25, 0.3) is 0 Å². The summed E-state index contributed by atoms with van der Waals surface area (Å²) in [6.07, 6.45) is 4.03. The second-order valence-corrected chi connectivity index (χ2v) is 8.61. The Morgan fingerprint density at radius 2 is 1.83 bits per heavy atom. The Bertz CT molecular complexity index is 839. The molecule has 0 aliphatic carbocycles. The molecule has 3 fully saturated rings. The van der Waals surface area contributed by atoms with E-state index in [1.807, 2.05) is 60.7 Å². The number of anilines is 1. The van der Waals surface area contributed by atoms with E-state index in [1.54, 1.807) is 4.90 Å². The van der Waals surface area contributed by atoms with Gasteiger partial charge in [0.2, 0.25) is 0 Å². The highest BCUT2D eigenvalue weighted by molar-refractivity contribution is 5.87. The number of ether oxygens (including phenoxy) is 1. The molecule has 1 amide bonds. The van der Waals surface area contributed by atoms with Crippen molar-refractivity contribution in [2.75, 3.05) is 31.1 Å². The molecule has 2 bridgehead atoms. The molecule has 2 aromatic rings. The molecule has 3 aliphatic rings. The number of amides is 1. The van der Waals surface area contributed by atoms with Gasteiger partial charge in [-0.3, -0.25) is 4.90 Å². The Balaban J connectivity index is 1.53. The molecule has 4 heteroatoms. The van der Waals surface area contributed by atoms with Crippen LogP contribution in [0, 0.1) is 12.8 Å². The number of hydrogen-bond acceptors (Lipinski definition) is 2. The maximum atomic E-state index is 13.3. The highest BCUT2D eigenvalue weighted by atomic mass is 16.6. The van der Waals surface area contributed by atoms with Gasteiger partial charge in [0.05, 0.1) is 26.2 Å². The van der Waals surface area contributed by atoms with E-state index < -0.39 is 0 Å². The minimum absolute atomic E-state index is 0.00586. The van der Waals surface area contributed by atoms with Gasteiger partial charge in [-0.25, -0.2) is 4.79 Å². The van der Waals surface area contributed by atoms with Gasteiger partial charge in [-0.2, -0.15) is 0 Å². The molecule has 1 atom stereocenters. The summed E-state index contributed by atoms with van der Waals surface area (Å²) in [6.45, 7) is 10.7. The van der Waals surface area contributed by atoms with E-state index in [9.17, 15) is 4.79 Å². The van der Waals surface area contributed by atoms with Crippen LogP contribution < -0.4 is 4.90 Å². The fraction of sp³-hybridized carbons (Fsp3) is 0.400. The summed E-state index contributed by atoms with van der Waals surface area (Å²) in [7, 11) is 0. The SMILES string of the molecule is C=CC[N+]12CCC(CC1)[C@@H](OC(=O)N(Cc1ccccc1)c1ccc(C)cc1)C2. The monoisotopic (exact) mass is 391 g/mol. The van der Waals surface area contributed by atoms with Crippen LogP contribution in [-0.2, 0) is 11.3 Å². The van der Waals surface area contributed by atoms with Crippen molar-refractivity contribution in [3.05, 3.63) is 78.4 Å². The van der Waals surface area contributed by atoms with E-state index >= 15 is 0 Å². The number of rotatable bonds is 6. The standard InChI is InChI=1S/C25H31N2O2/c1-3-15-27-16-13-22(14-17-27)24(19-27)29-25(28)26(18-21-7-5-4-6-8-21)23-11-9-20(2)10-12-23/h3-12,22,24H,1,13-19H2,2H3/q+1/t22?,24-,27?/m0/s1. The lowest BCUT2D eigenvalue weighted by molar-refractivity contribution is -0.941. The number of carbonyl (C=O) groups excluding carboxylic acids is 1. The van der Waals surface area contributed by atoms with Crippen LogP contribution in [0.2, 0.25) is 0 Å². The summed E-state index contributed by atoms with van der Waals surface area (Å²) in [6, 6.07) is 18.2. The van der Waals surface area contributed by atoms with Crippen molar-refractivity contribution in [3.8, 4) is 0 Å². The highest BCUT2D eigenvalue weighted by Crippen LogP contribution is 2.36. The van der Waals surface area contributed by atoms with Crippen LogP contribution in [0.15, 0.2) is 67.3 Å². The number of hydrogen-bond donors (Lipinski definition) is 0. The van der Waals surface area contributed by atoms with Crippen molar-refractivity contribution in [2.24, 2.45) is 5.92 Å². The van der Waals surface area contributed by atoms with Gasteiger partial charge in [0.1, 0.15) is 6.54 Å². The van der Waals surface area contributed by atoms with Crippen molar-refractivity contribution < 1.29 is 14.0 Å². The Morgan fingerprint density at radius 3 is 2.48 bits per heavy atom. The van der Waals surface area contributed by atoms with E-state index in [2.05, 4.69) is 13.5 Å². The molecule has 0 saturated carbocycles. The number of aryl methyl sites for hydroxylation is 1. The maximum absolute atomic E-state index is 13.3. The Kier molecular flexibility index (Phi) is 5.72. The summed E-state index contributed by atoms with van der Waals surface area (Å²) in [5.74, 6) is 0.486. The maximum Gasteiger partial charge on any atom is 0.415 e. The third kappa shape index (κ3) is 4.38. The second-order valence-electron chi connectivity index (χ2n) is 8.61. The van der Waals surface area contributed by atoms with E-state index in [0.717, 1.165) is 41.7 Å². The molecule has 3 aliphatic heterocycles. The van der Waals surface area contributed by atoms with E-state index in [4.69, 9.17) is 4.74 Å². The molecule has 0 radical (unpaired) electrons. The summed E-state index contributed by atoms with van der Waals surface area (Å²) in [4.78, 5) is 15.1. The van der Waals surface area contributed by atoms with Crippen molar-refractivity contribution in [3.63, 3.8) is 0 Å². The zero-order valence-corrected chi connectivity index (χ0v) is 17.3. The van der Waals surface area contributed by atoms with Crippen LogP contribution in [0.5, 0.6) is 0 Å². The number of piperidine rings is 3. The van der Waals surface area contributed by atoms with E-state index in [-0.39, 0.29) is 12.2 Å². The summed E-state index contributed by atoms with van der Waals surface area (Å²) >= 11 is 0. The number of quaternary nitrogens is 1. The fourth-order valence-corrected chi connectivity index (χ4v) is 4.83. The third-order valence-corrected chi connectivity index (χ3v) is 6.56. The van der Waals surface area contributed by atoms with Crippen LogP contribution >= 0.6 is 0 Å². The first-order valence-electron chi connectivity index (χ1n) is 10.6. The minimum atomic E-state index is -0.242. The van der Waals surface area contributed by atoms with Crippen LogP contribution in [0.1, 0.15) is 24.0 Å².